The van der Waals surface area contributed by atoms with Gasteiger partial charge in [-0.25, -0.2) is 4.79 Å². The van der Waals surface area contributed by atoms with Crippen LogP contribution >= 0.6 is 0 Å². The summed E-state index contributed by atoms with van der Waals surface area (Å²) < 4.78 is 11.0. The quantitative estimate of drug-likeness (QED) is 0.897. The number of aliphatic hydroxyl groups excluding tert-OH is 1. The molecule has 122 valence electrons. The van der Waals surface area contributed by atoms with Crippen LogP contribution in [0.25, 0.3) is 0 Å². The molecule has 1 aliphatic rings. The van der Waals surface area contributed by atoms with Crippen molar-refractivity contribution in [2.45, 2.75) is 64.1 Å². The summed E-state index contributed by atoms with van der Waals surface area (Å²) in [6.45, 7) is 5.94. The van der Waals surface area contributed by atoms with Gasteiger partial charge in [0.25, 0.3) is 0 Å². The van der Waals surface area contributed by atoms with E-state index in [0.29, 0.717) is 19.4 Å². The van der Waals surface area contributed by atoms with E-state index in [1.54, 1.807) is 0 Å². The number of alkyl carbamates (subject to hydrolysis) is 1. The third kappa shape index (κ3) is 5.31. The van der Waals surface area contributed by atoms with Crippen LogP contribution in [0.2, 0.25) is 0 Å². The summed E-state index contributed by atoms with van der Waals surface area (Å²) in [4.78, 5) is 11.8. The predicted octanol–water partition coefficient (Wildman–Crippen LogP) is 2.62. The molecule has 0 heterocycles. The molecular formula is C17H25NO4. The first kappa shape index (κ1) is 16.8. The highest BCUT2D eigenvalue weighted by Crippen LogP contribution is 2.24. The topological polar surface area (TPSA) is 67.8 Å². The molecule has 0 aromatic heterocycles. The molecule has 1 aromatic rings. The number of benzene rings is 1. The molecule has 0 spiro atoms. The SMILES string of the molecule is CC(C)(C)OC(=O)N[C@@H]1C[C@@H](OCc2ccccc2)C[C@H]1O. The highest BCUT2D eigenvalue weighted by atomic mass is 16.6. The van der Waals surface area contributed by atoms with Crippen molar-refractivity contribution in [2.75, 3.05) is 0 Å². The molecule has 1 amide bonds. The molecule has 5 heteroatoms. The summed E-state index contributed by atoms with van der Waals surface area (Å²) in [5.41, 5.74) is 0.553. The maximum absolute atomic E-state index is 11.8. The second-order valence-corrected chi connectivity index (χ2v) is 6.71. The average Bonchev–Trinajstić information content (AvgIpc) is 2.76. The third-order valence-corrected chi connectivity index (χ3v) is 3.52. The lowest BCUT2D eigenvalue weighted by atomic mass is 10.2. The fraction of sp³-hybridized carbons (Fsp3) is 0.588. The van der Waals surface area contributed by atoms with E-state index in [2.05, 4.69) is 5.32 Å². The van der Waals surface area contributed by atoms with Gasteiger partial charge in [-0.1, -0.05) is 30.3 Å². The lowest BCUT2D eigenvalue weighted by Crippen LogP contribution is -2.42. The standard InChI is InChI=1S/C17H25NO4/c1-17(2,3)22-16(20)18-14-9-13(10-15(14)19)21-11-12-7-5-4-6-8-12/h4-8,13-15,19H,9-11H2,1-3H3,(H,18,20)/t13-,14-,15-/m1/s1. The molecule has 5 nitrogen and oxygen atoms in total. The number of carbonyl (C=O) groups excluding carboxylic acids is 1. The Hall–Kier alpha value is -1.59. The zero-order valence-corrected chi connectivity index (χ0v) is 13.4. The molecule has 1 saturated carbocycles. The molecule has 0 saturated heterocycles. The zero-order chi connectivity index (χ0) is 16.2. The lowest BCUT2D eigenvalue weighted by molar-refractivity contribution is 0.0357. The molecule has 0 unspecified atom stereocenters. The number of carbonyl (C=O) groups is 1. The van der Waals surface area contributed by atoms with E-state index in [9.17, 15) is 9.90 Å². The Kier molecular flexibility index (Phi) is 5.42. The lowest BCUT2D eigenvalue weighted by Gasteiger charge is -2.22. The Bertz CT molecular complexity index is 483. The van der Waals surface area contributed by atoms with Crippen molar-refractivity contribution in [1.29, 1.82) is 0 Å². The van der Waals surface area contributed by atoms with Crippen LogP contribution < -0.4 is 5.32 Å². The summed E-state index contributed by atoms with van der Waals surface area (Å²) in [7, 11) is 0. The number of hydrogen-bond donors (Lipinski definition) is 2. The van der Waals surface area contributed by atoms with Gasteiger partial charge in [0.05, 0.1) is 24.9 Å². The molecule has 2 N–H and O–H groups in total. The molecule has 1 aliphatic carbocycles. The molecule has 0 radical (unpaired) electrons. The van der Waals surface area contributed by atoms with E-state index in [1.165, 1.54) is 0 Å². The van der Waals surface area contributed by atoms with E-state index in [0.717, 1.165) is 5.56 Å². The summed E-state index contributed by atoms with van der Waals surface area (Å²) >= 11 is 0. The maximum Gasteiger partial charge on any atom is 0.407 e. The van der Waals surface area contributed by atoms with Crippen LogP contribution in [0.1, 0.15) is 39.2 Å². The third-order valence-electron chi connectivity index (χ3n) is 3.52. The van der Waals surface area contributed by atoms with E-state index < -0.39 is 17.8 Å². The van der Waals surface area contributed by atoms with E-state index >= 15 is 0 Å². The predicted molar refractivity (Wildman–Crippen MR) is 83.4 cm³/mol. The van der Waals surface area contributed by atoms with Gasteiger partial charge in [-0.15, -0.1) is 0 Å². The summed E-state index contributed by atoms with van der Waals surface area (Å²) in [6, 6.07) is 9.58. The van der Waals surface area contributed by atoms with Crippen LogP contribution in [0.4, 0.5) is 4.79 Å². The fourth-order valence-electron chi connectivity index (χ4n) is 2.51. The van der Waals surface area contributed by atoms with Gasteiger partial charge in [-0.3, -0.25) is 0 Å². The van der Waals surface area contributed by atoms with Crippen LogP contribution in [-0.2, 0) is 16.1 Å². The van der Waals surface area contributed by atoms with Crippen LogP contribution in [0.3, 0.4) is 0 Å². The van der Waals surface area contributed by atoms with Gasteiger partial charge in [0.1, 0.15) is 5.60 Å². The Balaban J connectivity index is 1.78. The molecule has 2 rings (SSSR count). The molecule has 3 atom stereocenters. The van der Waals surface area contributed by atoms with Gasteiger partial charge in [-0.05, 0) is 32.8 Å². The van der Waals surface area contributed by atoms with Crippen LogP contribution in [0.15, 0.2) is 30.3 Å². The largest absolute Gasteiger partial charge is 0.444 e. The number of nitrogens with one attached hydrogen (secondary N) is 1. The molecule has 1 aromatic carbocycles. The number of hydrogen-bond acceptors (Lipinski definition) is 4. The average molecular weight is 307 g/mol. The summed E-state index contributed by atoms with van der Waals surface area (Å²) in [6.07, 6.45) is -0.0516. The normalized spacial score (nSPS) is 25.0. The highest BCUT2D eigenvalue weighted by Gasteiger charge is 2.35. The smallest absolute Gasteiger partial charge is 0.407 e. The van der Waals surface area contributed by atoms with Gasteiger partial charge in [0.15, 0.2) is 0 Å². The Labute approximate surface area is 131 Å². The number of aliphatic hydroxyl groups is 1. The van der Waals surface area contributed by atoms with Gasteiger partial charge in [0, 0.05) is 6.42 Å². The Morgan fingerprint density at radius 2 is 1.95 bits per heavy atom. The van der Waals surface area contributed by atoms with Crippen molar-refractivity contribution >= 4 is 6.09 Å². The molecular weight excluding hydrogens is 282 g/mol. The van der Waals surface area contributed by atoms with Gasteiger partial charge >= 0.3 is 6.09 Å². The number of rotatable bonds is 4. The van der Waals surface area contributed by atoms with Crippen LogP contribution in [-0.4, -0.2) is 35.1 Å². The van der Waals surface area contributed by atoms with Crippen molar-refractivity contribution in [1.82, 2.24) is 5.32 Å². The zero-order valence-electron chi connectivity index (χ0n) is 13.4. The minimum absolute atomic E-state index is 0.0601. The molecule has 0 bridgehead atoms. The van der Waals surface area contributed by atoms with Gasteiger partial charge in [-0.2, -0.15) is 0 Å². The fourth-order valence-corrected chi connectivity index (χ4v) is 2.51. The van der Waals surface area contributed by atoms with E-state index in [4.69, 9.17) is 9.47 Å². The minimum atomic E-state index is -0.603. The van der Waals surface area contributed by atoms with E-state index in [1.807, 2.05) is 51.1 Å². The highest BCUT2D eigenvalue weighted by molar-refractivity contribution is 5.68. The number of amides is 1. The van der Waals surface area contributed by atoms with E-state index in [-0.39, 0.29) is 12.1 Å². The second-order valence-electron chi connectivity index (χ2n) is 6.71. The van der Waals surface area contributed by atoms with Crippen molar-refractivity contribution in [3.8, 4) is 0 Å². The monoisotopic (exact) mass is 307 g/mol. The van der Waals surface area contributed by atoms with Gasteiger partial charge < -0.3 is 19.9 Å². The van der Waals surface area contributed by atoms with Crippen LogP contribution in [0.5, 0.6) is 0 Å². The van der Waals surface area contributed by atoms with Gasteiger partial charge in [0.2, 0.25) is 0 Å². The molecule has 1 fully saturated rings. The number of ether oxygens (including phenoxy) is 2. The summed E-state index contributed by atoms with van der Waals surface area (Å²) in [5, 5.41) is 12.8. The van der Waals surface area contributed by atoms with Crippen molar-refractivity contribution < 1.29 is 19.4 Å². The Morgan fingerprint density at radius 3 is 2.59 bits per heavy atom. The first-order valence-corrected chi connectivity index (χ1v) is 7.66. The maximum atomic E-state index is 11.8. The van der Waals surface area contributed by atoms with Crippen molar-refractivity contribution in [2.24, 2.45) is 0 Å². The van der Waals surface area contributed by atoms with Crippen LogP contribution in [0, 0.1) is 0 Å². The molecule has 0 aliphatic heterocycles. The Morgan fingerprint density at radius 1 is 1.27 bits per heavy atom. The minimum Gasteiger partial charge on any atom is -0.444 e. The first-order chi connectivity index (χ1) is 10.3. The first-order valence-electron chi connectivity index (χ1n) is 7.66. The van der Waals surface area contributed by atoms with Crippen molar-refractivity contribution in [3.63, 3.8) is 0 Å². The second kappa shape index (κ2) is 7.11. The molecule has 22 heavy (non-hydrogen) atoms. The summed E-state index contributed by atoms with van der Waals surface area (Å²) in [5.74, 6) is 0. The van der Waals surface area contributed by atoms with Crippen molar-refractivity contribution in [3.05, 3.63) is 35.9 Å².